The van der Waals surface area contributed by atoms with E-state index in [1.165, 1.54) is 0 Å². The van der Waals surface area contributed by atoms with Gasteiger partial charge in [-0.15, -0.1) is 5.10 Å². The molecule has 0 saturated heterocycles. The van der Waals surface area contributed by atoms with Gasteiger partial charge >= 0.3 is 0 Å². The highest BCUT2D eigenvalue weighted by atomic mass is 32.1. The first-order valence-corrected chi connectivity index (χ1v) is 8.94. The molecule has 1 aliphatic heterocycles. The molecule has 3 aromatic rings. The second-order valence-corrected chi connectivity index (χ2v) is 7.00. The second-order valence-electron chi connectivity index (χ2n) is 6.64. The molecule has 0 radical (unpaired) electrons. The number of nitro groups is 1. The number of non-ortho nitro benzene ring substituents is 1. The third kappa shape index (κ3) is 2.99. The summed E-state index contributed by atoms with van der Waals surface area (Å²) in [7, 11) is 1.90. The van der Waals surface area contributed by atoms with Gasteiger partial charge in [0.15, 0.2) is 10.6 Å². The fourth-order valence-corrected chi connectivity index (χ4v) is 3.67. The fourth-order valence-electron chi connectivity index (χ4n) is 3.49. The summed E-state index contributed by atoms with van der Waals surface area (Å²) in [6.07, 6.45) is 4.21. The Balaban J connectivity index is 1.68. The largest absolute Gasteiger partial charge is 0.349 e. The summed E-state index contributed by atoms with van der Waals surface area (Å²) in [6.45, 7) is 2.59. The topological polar surface area (TPSA) is 82.0 Å². The molecule has 27 heavy (non-hydrogen) atoms. The van der Waals surface area contributed by atoms with Crippen LogP contribution in [0.2, 0.25) is 0 Å². The SMILES string of the molecule is CC1Cc2cc([N+](=O)[O-])ccc2N1Cn1nc(-c2ccncc2)n(C)c1=S. The number of nitro benzene ring substituents is 1. The molecular weight excluding hydrogens is 364 g/mol. The molecule has 1 aliphatic rings. The van der Waals surface area contributed by atoms with E-state index in [0.717, 1.165) is 29.1 Å². The number of nitrogens with zero attached hydrogens (tertiary/aromatic N) is 6. The maximum Gasteiger partial charge on any atom is 0.269 e. The van der Waals surface area contributed by atoms with E-state index in [9.17, 15) is 10.1 Å². The van der Waals surface area contributed by atoms with E-state index in [0.29, 0.717) is 11.4 Å². The fraction of sp³-hybridized carbons (Fsp3) is 0.278. The monoisotopic (exact) mass is 382 g/mol. The first-order chi connectivity index (χ1) is 13.0. The van der Waals surface area contributed by atoms with Gasteiger partial charge in [-0.25, -0.2) is 4.68 Å². The van der Waals surface area contributed by atoms with Crippen LogP contribution in [0.1, 0.15) is 12.5 Å². The lowest BCUT2D eigenvalue weighted by Crippen LogP contribution is -2.32. The molecule has 8 nitrogen and oxygen atoms in total. The Hall–Kier alpha value is -3.07. The van der Waals surface area contributed by atoms with Crippen molar-refractivity contribution in [1.29, 1.82) is 0 Å². The quantitative estimate of drug-likeness (QED) is 0.391. The van der Waals surface area contributed by atoms with Crippen LogP contribution in [0.25, 0.3) is 11.4 Å². The molecule has 0 fully saturated rings. The van der Waals surface area contributed by atoms with Crippen molar-refractivity contribution >= 4 is 23.6 Å². The molecule has 0 N–H and O–H groups in total. The Morgan fingerprint density at radius 1 is 1.30 bits per heavy atom. The van der Waals surface area contributed by atoms with Crippen molar-refractivity contribution < 1.29 is 4.92 Å². The third-order valence-corrected chi connectivity index (χ3v) is 5.38. The van der Waals surface area contributed by atoms with Gasteiger partial charge in [0.25, 0.3) is 5.69 Å². The second kappa shape index (κ2) is 6.58. The van der Waals surface area contributed by atoms with E-state index in [-0.39, 0.29) is 16.7 Å². The first-order valence-electron chi connectivity index (χ1n) is 8.54. The van der Waals surface area contributed by atoms with E-state index in [2.05, 4.69) is 16.8 Å². The normalized spacial score (nSPS) is 15.8. The third-order valence-electron chi connectivity index (χ3n) is 4.90. The maximum atomic E-state index is 11.0. The standard InChI is InChI=1S/C18H18N6O2S/c1-12-9-14-10-15(24(25)26)3-4-16(14)22(12)11-23-18(27)21(2)17(20-23)13-5-7-19-8-6-13/h3-8,10,12H,9,11H2,1-2H3. The van der Waals surface area contributed by atoms with Crippen LogP contribution in [0, 0.1) is 14.9 Å². The zero-order valence-electron chi connectivity index (χ0n) is 14.9. The van der Waals surface area contributed by atoms with Crippen LogP contribution >= 0.6 is 12.2 Å². The minimum absolute atomic E-state index is 0.122. The van der Waals surface area contributed by atoms with E-state index in [4.69, 9.17) is 17.3 Å². The van der Waals surface area contributed by atoms with E-state index < -0.39 is 0 Å². The van der Waals surface area contributed by atoms with Gasteiger partial charge in [-0.3, -0.25) is 15.1 Å². The van der Waals surface area contributed by atoms with Crippen LogP contribution in [0.5, 0.6) is 0 Å². The average molecular weight is 382 g/mol. The number of fused-ring (bicyclic) bond motifs is 1. The maximum absolute atomic E-state index is 11.0. The van der Waals surface area contributed by atoms with Gasteiger partial charge in [-0.2, -0.15) is 0 Å². The molecule has 9 heteroatoms. The number of hydrogen-bond acceptors (Lipinski definition) is 6. The van der Waals surface area contributed by atoms with Gasteiger partial charge in [0.05, 0.1) is 4.92 Å². The van der Waals surface area contributed by atoms with Crippen molar-refractivity contribution in [2.75, 3.05) is 4.90 Å². The number of pyridine rings is 1. The first kappa shape index (κ1) is 17.3. The minimum Gasteiger partial charge on any atom is -0.349 e. The summed E-state index contributed by atoms with van der Waals surface area (Å²) >= 11 is 5.57. The molecule has 1 atom stereocenters. The Bertz CT molecular complexity index is 1080. The highest BCUT2D eigenvalue weighted by Crippen LogP contribution is 2.35. The number of rotatable bonds is 4. The zero-order chi connectivity index (χ0) is 19.1. The molecule has 3 heterocycles. The number of benzene rings is 1. The summed E-state index contributed by atoms with van der Waals surface area (Å²) < 4.78 is 4.28. The van der Waals surface area contributed by atoms with Crippen LogP contribution in [-0.4, -0.2) is 30.3 Å². The van der Waals surface area contributed by atoms with Gasteiger partial charge < -0.3 is 9.47 Å². The molecule has 1 unspecified atom stereocenters. The van der Waals surface area contributed by atoms with Gasteiger partial charge in [-0.1, -0.05) is 0 Å². The predicted molar refractivity (Wildman–Crippen MR) is 104 cm³/mol. The summed E-state index contributed by atoms with van der Waals surface area (Å²) in [5, 5.41) is 15.7. The Morgan fingerprint density at radius 2 is 2.04 bits per heavy atom. The molecule has 0 spiro atoms. The molecule has 1 aromatic carbocycles. The van der Waals surface area contributed by atoms with Gasteiger partial charge in [0.1, 0.15) is 6.67 Å². The Morgan fingerprint density at radius 3 is 2.74 bits per heavy atom. The minimum atomic E-state index is -0.358. The smallest absolute Gasteiger partial charge is 0.269 e. The lowest BCUT2D eigenvalue weighted by Gasteiger charge is -2.24. The zero-order valence-corrected chi connectivity index (χ0v) is 15.8. The van der Waals surface area contributed by atoms with Gasteiger partial charge in [0, 0.05) is 48.9 Å². The van der Waals surface area contributed by atoms with E-state index in [1.807, 2.05) is 29.8 Å². The van der Waals surface area contributed by atoms with E-state index >= 15 is 0 Å². The van der Waals surface area contributed by atoms with Crippen LogP contribution in [-0.2, 0) is 20.1 Å². The summed E-state index contributed by atoms with van der Waals surface area (Å²) in [5.41, 5.74) is 3.04. The molecule has 0 aliphatic carbocycles. The summed E-state index contributed by atoms with van der Waals surface area (Å²) in [5.74, 6) is 0.776. The number of aromatic nitrogens is 4. The summed E-state index contributed by atoms with van der Waals surface area (Å²) in [4.78, 5) is 16.9. The van der Waals surface area contributed by atoms with Crippen molar-refractivity contribution in [2.24, 2.45) is 7.05 Å². The van der Waals surface area contributed by atoms with Crippen molar-refractivity contribution in [3.63, 3.8) is 0 Å². The van der Waals surface area contributed by atoms with E-state index in [1.54, 1.807) is 29.2 Å². The predicted octanol–water partition coefficient (Wildman–Crippen LogP) is 3.33. The van der Waals surface area contributed by atoms with Crippen molar-refractivity contribution in [2.45, 2.75) is 26.1 Å². The van der Waals surface area contributed by atoms with Crippen LogP contribution in [0.15, 0.2) is 42.7 Å². The van der Waals surface area contributed by atoms with Crippen molar-refractivity contribution in [1.82, 2.24) is 19.3 Å². The molecule has 2 aromatic heterocycles. The lowest BCUT2D eigenvalue weighted by molar-refractivity contribution is -0.384. The lowest BCUT2D eigenvalue weighted by atomic mass is 10.1. The average Bonchev–Trinajstić information content (AvgIpc) is 3.13. The molecule has 138 valence electrons. The molecule has 0 amide bonds. The number of anilines is 1. The van der Waals surface area contributed by atoms with Crippen LogP contribution < -0.4 is 4.90 Å². The van der Waals surface area contributed by atoms with Crippen LogP contribution in [0.3, 0.4) is 0 Å². The molecule has 0 bridgehead atoms. The highest BCUT2D eigenvalue weighted by Gasteiger charge is 2.28. The Labute approximate surface area is 160 Å². The molecule has 4 rings (SSSR count). The van der Waals surface area contributed by atoms with Crippen molar-refractivity contribution in [3.05, 3.63) is 63.2 Å². The van der Waals surface area contributed by atoms with Gasteiger partial charge in [-0.05, 0) is 49.3 Å². The highest BCUT2D eigenvalue weighted by molar-refractivity contribution is 7.71. The molecule has 0 saturated carbocycles. The number of hydrogen-bond donors (Lipinski definition) is 0. The van der Waals surface area contributed by atoms with Crippen molar-refractivity contribution in [3.8, 4) is 11.4 Å². The van der Waals surface area contributed by atoms with Crippen LogP contribution in [0.4, 0.5) is 11.4 Å². The summed E-state index contributed by atoms with van der Waals surface area (Å²) in [6, 6.07) is 9.02. The van der Waals surface area contributed by atoms with Gasteiger partial charge in [0.2, 0.25) is 0 Å². The Kier molecular flexibility index (Phi) is 4.23. The molecular formula is C18H18N6O2S.